The van der Waals surface area contributed by atoms with Crippen molar-refractivity contribution in [2.45, 2.75) is 19.4 Å². The number of para-hydroxylation sites is 1. The summed E-state index contributed by atoms with van der Waals surface area (Å²) in [4.78, 5) is 4.25. The average Bonchev–Trinajstić information content (AvgIpc) is 2.55. The summed E-state index contributed by atoms with van der Waals surface area (Å²) in [5.41, 5.74) is 2.29. The van der Waals surface area contributed by atoms with Crippen molar-refractivity contribution in [2.24, 2.45) is 0 Å². The summed E-state index contributed by atoms with van der Waals surface area (Å²) in [5, 5.41) is 3.50. The van der Waals surface area contributed by atoms with Crippen molar-refractivity contribution in [3.8, 4) is 11.5 Å². The molecule has 0 bridgehead atoms. The molecule has 4 nitrogen and oxygen atoms in total. The van der Waals surface area contributed by atoms with Crippen LogP contribution in [0.1, 0.15) is 24.1 Å². The minimum Gasteiger partial charge on any atom is -0.496 e. The first kappa shape index (κ1) is 15.3. The summed E-state index contributed by atoms with van der Waals surface area (Å²) >= 11 is 0. The molecule has 1 heterocycles. The maximum absolute atomic E-state index is 5.44. The number of ether oxygens (including phenoxy) is 2. The van der Waals surface area contributed by atoms with Crippen LogP contribution in [-0.2, 0) is 6.42 Å². The predicted molar refractivity (Wildman–Crippen MR) is 83.9 cm³/mol. The number of nitrogens with zero attached hydrogens (tertiary/aromatic N) is 1. The molecule has 21 heavy (non-hydrogen) atoms. The highest BCUT2D eigenvalue weighted by Crippen LogP contribution is 2.26. The molecule has 1 aromatic carbocycles. The Kier molecular flexibility index (Phi) is 5.58. The van der Waals surface area contributed by atoms with E-state index in [2.05, 4.69) is 23.3 Å². The molecule has 1 aromatic heterocycles. The van der Waals surface area contributed by atoms with Crippen LogP contribution >= 0.6 is 0 Å². The lowest BCUT2D eigenvalue weighted by Gasteiger charge is -2.20. The van der Waals surface area contributed by atoms with Crippen molar-refractivity contribution in [3.63, 3.8) is 0 Å². The van der Waals surface area contributed by atoms with Crippen LogP contribution in [-0.4, -0.2) is 25.7 Å². The van der Waals surface area contributed by atoms with E-state index >= 15 is 0 Å². The molecule has 0 amide bonds. The Morgan fingerprint density at radius 3 is 2.67 bits per heavy atom. The summed E-state index contributed by atoms with van der Waals surface area (Å²) in [6.07, 6.45) is 4.44. The third-order valence-corrected chi connectivity index (χ3v) is 3.44. The van der Waals surface area contributed by atoms with E-state index < -0.39 is 0 Å². The monoisotopic (exact) mass is 286 g/mol. The molecule has 2 rings (SSSR count). The number of aromatic nitrogens is 1. The largest absolute Gasteiger partial charge is 0.496 e. The Balaban J connectivity index is 2.26. The fourth-order valence-electron chi connectivity index (χ4n) is 2.38. The first-order valence-electron chi connectivity index (χ1n) is 7.12. The minimum atomic E-state index is 0.175. The van der Waals surface area contributed by atoms with Crippen molar-refractivity contribution in [3.05, 3.63) is 53.9 Å². The van der Waals surface area contributed by atoms with Crippen LogP contribution in [0.2, 0.25) is 0 Å². The van der Waals surface area contributed by atoms with Crippen LogP contribution in [0.4, 0.5) is 0 Å². The zero-order chi connectivity index (χ0) is 15.1. The Labute approximate surface area is 126 Å². The summed E-state index contributed by atoms with van der Waals surface area (Å²) in [5.74, 6) is 1.69. The molecule has 1 atom stereocenters. The van der Waals surface area contributed by atoms with Gasteiger partial charge in [-0.2, -0.15) is 0 Å². The van der Waals surface area contributed by atoms with Gasteiger partial charge in [-0.15, -0.1) is 0 Å². The molecule has 1 unspecified atom stereocenters. The summed E-state index contributed by atoms with van der Waals surface area (Å²) in [6, 6.07) is 10.3. The van der Waals surface area contributed by atoms with Crippen molar-refractivity contribution >= 4 is 0 Å². The van der Waals surface area contributed by atoms with Crippen LogP contribution in [0.25, 0.3) is 0 Å². The number of benzene rings is 1. The van der Waals surface area contributed by atoms with Gasteiger partial charge in [0.25, 0.3) is 0 Å². The zero-order valence-corrected chi connectivity index (χ0v) is 12.8. The summed E-state index contributed by atoms with van der Waals surface area (Å²) < 4.78 is 10.7. The summed E-state index contributed by atoms with van der Waals surface area (Å²) in [6.45, 7) is 2.99. The topological polar surface area (TPSA) is 43.4 Å². The van der Waals surface area contributed by atoms with Gasteiger partial charge in [-0.1, -0.05) is 25.1 Å². The lowest BCUT2D eigenvalue weighted by molar-refractivity contribution is 0.404. The molecule has 0 aliphatic heterocycles. The molecular formula is C17H22N2O2. The molecule has 0 saturated carbocycles. The second kappa shape index (κ2) is 7.64. The number of nitrogens with one attached hydrogen (secondary N) is 1. The predicted octanol–water partition coefficient (Wildman–Crippen LogP) is 2.99. The molecule has 0 fully saturated rings. The quantitative estimate of drug-likeness (QED) is 0.849. The van der Waals surface area contributed by atoms with Crippen LogP contribution in [0.3, 0.4) is 0 Å². The fourth-order valence-corrected chi connectivity index (χ4v) is 2.38. The number of pyridine rings is 1. The molecule has 0 saturated heterocycles. The Morgan fingerprint density at radius 1 is 1.14 bits per heavy atom. The fraction of sp³-hybridized carbons (Fsp3) is 0.353. The van der Waals surface area contributed by atoms with Gasteiger partial charge in [-0.3, -0.25) is 4.98 Å². The third kappa shape index (κ3) is 3.95. The molecule has 0 radical (unpaired) electrons. The van der Waals surface area contributed by atoms with E-state index in [1.165, 1.54) is 5.56 Å². The van der Waals surface area contributed by atoms with Crippen LogP contribution in [0.15, 0.2) is 42.7 Å². The van der Waals surface area contributed by atoms with Gasteiger partial charge in [0.15, 0.2) is 0 Å². The Morgan fingerprint density at radius 2 is 1.95 bits per heavy atom. The van der Waals surface area contributed by atoms with Gasteiger partial charge in [0.2, 0.25) is 0 Å². The number of likely N-dealkylation sites (N-methyl/N-ethyl adjacent to an activating group) is 1. The van der Waals surface area contributed by atoms with E-state index in [0.717, 1.165) is 30.0 Å². The van der Waals surface area contributed by atoms with Gasteiger partial charge in [-0.25, -0.2) is 0 Å². The molecule has 1 N–H and O–H groups in total. The van der Waals surface area contributed by atoms with E-state index in [9.17, 15) is 0 Å². The smallest absolute Gasteiger partial charge is 0.137 e. The molecule has 0 spiro atoms. The van der Waals surface area contributed by atoms with Gasteiger partial charge < -0.3 is 14.8 Å². The van der Waals surface area contributed by atoms with E-state index in [0.29, 0.717) is 0 Å². The standard InChI is InChI=1S/C17H22N2O2/c1-4-19-16(14-9-15(20-2)12-18-11-14)10-13-7-5-6-8-17(13)21-3/h5-9,11-12,16,19H,4,10H2,1-3H3. The lowest BCUT2D eigenvalue weighted by atomic mass is 9.99. The molecule has 0 aliphatic carbocycles. The van der Waals surface area contributed by atoms with Gasteiger partial charge in [-0.05, 0) is 36.2 Å². The summed E-state index contributed by atoms with van der Waals surface area (Å²) in [7, 11) is 3.36. The van der Waals surface area contributed by atoms with Gasteiger partial charge in [0, 0.05) is 12.2 Å². The average molecular weight is 286 g/mol. The third-order valence-electron chi connectivity index (χ3n) is 3.44. The van der Waals surface area contributed by atoms with E-state index in [1.807, 2.05) is 30.5 Å². The normalized spacial score (nSPS) is 12.0. The van der Waals surface area contributed by atoms with Gasteiger partial charge in [0.05, 0.1) is 20.4 Å². The van der Waals surface area contributed by atoms with Crippen molar-refractivity contribution in [1.29, 1.82) is 0 Å². The van der Waals surface area contributed by atoms with E-state index in [1.54, 1.807) is 20.4 Å². The van der Waals surface area contributed by atoms with Crippen molar-refractivity contribution < 1.29 is 9.47 Å². The highest BCUT2D eigenvalue weighted by Gasteiger charge is 2.14. The molecule has 4 heteroatoms. The Bertz CT molecular complexity index is 572. The Hall–Kier alpha value is -2.07. The van der Waals surface area contributed by atoms with Crippen LogP contribution in [0, 0.1) is 0 Å². The van der Waals surface area contributed by atoms with Gasteiger partial charge in [0.1, 0.15) is 11.5 Å². The molecular weight excluding hydrogens is 264 g/mol. The van der Waals surface area contributed by atoms with E-state index in [4.69, 9.17) is 9.47 Å². The van der Waals surface area contributed by atoms with Gasteiger partial charge >= 0.3 is 0 Å². The second-order valence-corrected chi connectivity index (χ2v) is 4.78. The maximum Gasteiger partial charge on any atom is 0.137 e. The highest BCUT2D eigenvalue weighted by atomic mass is 16.5. The number of hydrogen-bond donors (Lipinski definition) is 1. The van der Waals surface area contributed by atoms with Crippen LogP contribution in [0.5, 0.6) is 11.5 Å². The first-order chi connectivity index (χ1) is 10.3. The SMILES string of the molecule is CCNC(Cc1ccccc1OC)c1cncc(OC)c1. The molecule has 0 aliphatic rings. The van der Waals surface area contributed by atoms with Crippen molar-refractivity contribution in [1.82, 2.24) is 10.3 Å². The number of rotatable bonds is 7. The highest BCUT2D eigenvalue weighted by molar-refractivity contribution is 5.35. The maximum atomic E-state index is 5.44. The minimum absolute atomic E-state index is 0.175. The van der Waals surface area contributed by atoms with Crippen LogP contribution < -0.4 is 14.8 Å². The zero-order valence-electron chi connectivity index (χ0n) is 12.8. The number of methoxy groups -OCH3 is 2. The molecule has 112 valence electrons. The van der Waals surface area contributed by atoms with Crippen molar-refractivity contribution in [2.75, 3.05) is 20.8 Å². The lowest BCUT2D eigenvalue weighted by Crippen LogP contribution is -2.23. The molecule has 2 aromatic rings. The second-order valence-electron chi connectivity index (χ2n) is 4.78. The van der Waals surface area contributed by atoms with E-state index in [-0.39, 0.29) is 6.04 Å². The number of hydrogen-bond acceptors (Lipinski definition) is 4. The first-order valence-corrected chi connectivity index (χ1v) is 7.12.